The lowest BCUT2D eigenvalue weighted by atomic mass is 9.88. The largest absolute Gasteiger partial charge is 0.326 e. The van der Waals surface area contributed by atoms with Crippen molar-refractivity contribution >= 4 is 23.2 Å². The molecular formula is C24H29N3O2. The Balaban J connectivity index is 1.60. The first-order chi connectivity index (χ1) is 14.2. The van der Waals surface area contributed by atoms with Gasteiger partial charge in [0.15, 0.2) is 0 Å². The van der Waals surface area contributed by atoms with Crippen molar-refractivity contribution in [1.29, 1.82) is 0 Å². The summed E-state index contributed by atoms with van der Waals surface area (Å²) in [6.07, 6.45) is 7.13. The maximum absolute atomic E-state index is 12.5. The highest BCUT2D eigenvalue weighted by Crippen LogP contribution is 2.25. The number of hydrogen-bond donors (Lipinski definition) is 2. The fraction of sp³-hybridized carbons (Fsp3) is 0.375. The number of rotatable bonds is 7. The molecule has 2 amide bonds. The third-order valence-electron chi connectivity index (χ3n) is 5.28. The summed E-state index contributed by atoms with van der Waals surface area (Å²) in [6, 6.07) is 16.8. The van der Waals surface area contributed by atoms with Crippen LogP contribution in [0.2, 0.25) is 0 Å². The van der Waals surface area contributed by atoms with E-state index in [1.165, 1.54) is 6.42 Å². The van der Waals surface area contributed by atoms with Crippen molar-refractivity contribution in [2.75, 3.05) is 5.32 Å². The van der Waals surface area contributed by atoms with E-state index in [0.29, 0.717) is 5.56 Å². The zero-order chi connectivity index (χ0) is 20.5. The molecule has 29 heavy (non-hydrogen) atoms. The van der Waals surface area contributed by atoms with Gasteiger partial charge in [-0.1, -0.05) is 62.9 Å². The smallest absolute Gasteiger partial charge is 0.271 e. The molecule has 1 aliphatic rings. The van der Waals surface area contributed by atoms with Crippen LogP contribution < -0.4 is 10.7 Å². The SMILES string of the molecule is CCC/C(=N\NC(=O)c1ccc(NC(=O)C2CCCCC2)cc1)c1ccccc1. The van der Waals surface area contributed by atoms with Gasteiger partial charge in [-0.05, 0) is 49.1 Å². The van der Waals surface area contributed by atoms with Crippen molar-refractivity contribution in [3.8, 4) is 0 Å². The number of carbonyl (C=O) groups excluding carboxylic acids is 2. The number of hydrogen-bond acceptors (Lipinski definition) is 3. The molecule has 2 N–H and O–H groups in total. The lowest BCUT2D eigenvalue weighted by molar-refractivity contribution is -0.120. The van der Waals surface area contributed by atoms with Gasteiger partial charge in [-0.2, -0.15) is 5.10 Å². The van der Waals surface area contributed by atoms with E-state index < -0.39 is 0 Å². The number of nitrogens with zero attached hydrogens (tertiary/aromatic N) is 1. The Morgan fingerprint density at radius 3 is 2.28 bits per heavy atom. The van der Waals surface area contributed by atoms with E-state index >= 15 is 0 Å². The molecular weight excluding hydrogens is 362 g/mol. The van der Waals surface area contributed by atoms with Gasteiger partial charge in [0.05, 0.1) is 5.71 Å². The molecule has 2 aromatic rings. The van der Waals surface area contributed by atoms with Gasteiger partial charge in [0.2, 0.25) is 5.91 Å². The molecule has 152 valence electrons. The molecule has 0 radical (unpaired) electrons. The Kier molecular flexibility index (Phi) is 7.56. The molecule has 5 heteroatoms. The van der Waals surface area contributed by atoms with E-state index in [-0.39, 0.29) is 17.7 Å². The van der Waals surface area contributed by atoms with Crippen LogP contribution in [0.5, 0.6) is 0 Å². The molecule has 0 saturated heterocycles. The fourth-order valence-electron chi connectivity index (χ4n) is 3.63. The Labute approximate surface area is 172 Å². The second-order valence-corrected chi connectivity index (χ2v) is 7.52. The zero-order valence-corrected chi connectivity index (χ0v) is 17.0. The summed E-state index contributed by atoms with van der Waals surface area (Å²) in [4.78, 5) is 24.8. The monoisotopic (exact) mass is 391 g/mol. The number of nitrogens with one attached hydrogen (secondary N) is 2. The van der Waals surface area contributed by atoms with Crippen LogP contribution in [0.4, 0.5) is 5.69 Å². The Bertz CT molecular complexity index is 838. The predicted octanol–water partition coefficient (Wildman–Crippen LogP) is 5.14. The molecule has 1 aliphatic carbocycles. The van der Waals surface area contributed by atoms with Gasteiger partial charge >= 0.3 is 0 Å². The van der Waals surface area contributed by atoms with Crippen molar-refractivity contribution in [3.63, 3.8) is 0 Å². The van der Waals surface area contributed by atoms with Crippen LogP contribution in [0.15, 0.2) is 59.7 Å². The average Bonchev–Trinajstić information content (AvgIpc) is 2.78. The second-order valence-electron chi connectivity index (χ2n) is 7.52. The Hall–Kier alpha value is -2.95. The lowest BCUT2D eigenvalue weighted by Crippen LogP contribution is -2.24. The second kappa shape index (κ2) is 10.6. The van der Waals surface area contributed by atoms with Crippen LogP contribution in [-0.4, -0.2) is 17.5 Å². The summed E-state index contributed by atoms with van der Waals surface area (Å²) >= 11 is 0. The maximum atomic E-state index is 12.5. The topological polar surface area (TPSA) is 70.6 Å². The molecule has 0 aromatic heterocycles. The van der Waals surface area contributed by atoms with E-state index in [4.69, 9.17) is 0 Å². The van der Waals surface area contributed by atoms with Gasteiger partial charge in [-0.3, -0.25) is 9.59 Å². The van der Waals surface area contributed by atoms with Crippen LogP contribution in [0.25, 0.3) is 0 Å². The summed E-state index contributed by atoms with van der Waals surface area (Å²) in [5.74, 6) is -0.0747. The molecule has 0 bridgehead atoms. The minimum Gasteiger partial charge on any atom is -0.326 e. The van der Waals surface area contributed by atoms with Gasteiger partial charge in [0.1, 0.15) is 0 Å². The van der Waals surface area contributed by atoms with Crippen LogP contribution in [-0.2, 0) is 4.79 Å². The van der Waals surface area contributed by atoms with Crippen LogP contribution in [0, 0.1) is 5.92 Å². The van der Waals surface area contributed by atoms with Crippen molar-refractivity contribution in [2.24, 2.45) is 11.0 Å². The highest BCUT2D eigenvalue weighted by Gasteiger charge is 2.21. The molecule has 3 rings (SSSR count). The standard InChI is InChI=1S/C24H29N3O2/c1-2-9-22(18-10-5-3-6-11-18)26-27-24(29)20-14-16-21(17-15-20)25-23(28)19-12-7-4-8-13-19/h3,5-6,10-11,14-17,19H,2,4,7-9,12-13H2,1H3,(H,25,28)(H,27,29)/b26-22+. The molecule has 5 nitrogen and oxygen atoms in total. The van der Waals surface area contributed by atoms with Crippen molar-refractivity contribution in [1.82, 2.24) is 5.43 Å². The van der Waals surface area contributed by atoms with Crippen molar-refractivity contribution < 1.29 is 9.59 Å². The molecule has 0 spiro atoms. The first-order valence-corrected chi connectivity index (χ1v) is 10.5. The van der Waals surface area contributed by atoms with Crippen molar-refractivity contribution in [3.05, 3.63) is 65.7 Å². The summed E-state index contributed by atoms with van der Waals surface area (Å²) in [5.41, 5.74) is 5.75. The normalized spacial score (nSPS) is 15.0. The Morgan fingerprint density at radius 1 is 0.931 bits per heavy atom. The summed E-state index contributed by atoms with van der Waals surface area (Å²) in [7, 11) is 0. The van der Waals surface area contributed by atoms with Gasteiger partial charge in [0, 0.05) is 17.2 Å². The number of benzene rings is 2. The third-order valence-corrected chi connectivity index (χ3v) is 5.28. The van der Waals surface area contributed by atoms with Gasteiger partial charge in [-0.25, -0.2) is 5.43 Å². The summed E-state index contributed by atoms with van der Waals surface area (Å²) < 4.78 is 0. The van der Waals surface area contributed by atoms with E-state index in [0.717, 1.165) is 55.5 Å². The van der Waals surface area contributed by atoms with Gasteiger partial charge in [-0.15, -0.1) is 0 Å². The van der Waals surface area contributed by atoms with Crippen LogP contribution in [0.1, 0.15) is 67.8 Å². The van der Waals surface area contributed by atoms with Crippen LogP contribution >= 0.6 is 0 Å². The quantitative estimate of drug-likeness (QED) is 0.507. The molecule has 0 heterocycles. The maximum Gasteiger partial charge on any atom is 0.271 e. The number of anilines is 1. The van der Waals surface area contributed by atoms with Crippen molar-refractivity contribution in [2.45, 2.75) is 51.9 Å². The predicted molar refractivity (Wildman–Crippen MR) is 117 cm³/mol. The third kappa shape index (κ3) is 6.01. The minimum absolute atomic E-state index is 0.0820. The molecule has 1 fully saturated rings. The molecule has 0 atom stereocenters. The molecule has 2 aromatic carbocycles. The lowest BCUT2D eigenvalue weighted by Gasteiger charge is -2.20. The van der Waals surface area contributed by atoms with Crippen LogP contribution in [0.3, 0.4) is 0 Å². The highest BCUT2D eigenvalue weighted by atomic mass is 16.2. The average molecular weight is 392 g/mol. The highest BCUT2D eigenvalue weighted by molar-refractivity contribution is 6.02. The number of hydrazone groups is 1. The Morgan fingerprint density at radius 2 is 1.62 bits per heavy atom. The van der Waals surface area contributed by atoms with E-state index in [1.54, 1.807) is 24.3 Å². The first-order valence-electron chi connectivity index (χ1n) is 10.5. The zero-order valence-electron chi connectivity index (χ0n) is 17.0. The number of carbonyl (C=O) groups is 2. The van der Waals surface area contributed by atoms with E-state index in [9.17, 15) is 9.59 Å². The van der Waals surface area contributed by atoms with E-state index in [2.05, 4.69) is 22.8 Å². The van der Waals surface area contributed by atoms with Gasteiger partial charge < -0.3 is 5.32 Å². The molecule has 1 saturated carbocycles. The van der Waals surface area contributed by atoms with Gasteiger partial charge in [0.25, 0.3) is 5.91 Å². The first kappa shape index (κ1) is 20.8. The molecule has 0 aliphatic heterocycles. The minimum atomic E-state index is -0.264. The van der Waals surface area contributed by atoms with E-state index in [1.807, 2.05) is 30.3 Å². The number of amides is 2. The summed E-state index contributed by atoms with van der Waals surface area (Å²) in [6.45, 7) is 2.08. The summed E-state index contributed by atoms with van der Waals surface area (Å²) in [5, 5.41) is 7.31. The molecule has 0 unspecified atom stereocenters. The fourth-order valence-corrected chi connectivity index (χ4v) is 3.63.